The molecule has 0 bridgehead atoms. The molecule has 0 saturated heterocycles. The minimum atomic E-state index is -0.135. The number of rotatable bonds is 5. The van der Waals surface area contributed by atoms with E-state index < -0.39 is 0 Å². The van der Waals surface area contributed by atoms with Crippen molar-refractivity contribution in [2.75, 3.05) is 5.32 Å². The van der Waals surface area contributed by atoms with E-state index in [0.717, 1.165) is 40.2 Å². The molecule has 0 saturated carbocycles. The molecule has 4 aromatic rings. The Bertz CT molecular complexity index is 1150. The fourth-order valence-electron chi connectivity index (χ4n) is 3.42. The molecule has 6 heteroatoms. The van der Waals surface area contributed by atoms with E-state index in [4.69, 9.17) is 0 Å². The van der Waals surface area contributed by atoms with Crippen LogP contribution in [0.15, 0.2) is 54.9 Å². The van der Waals surface area contributed by atoms with Gasteiger partial charge >= 0.3 is 0 Å². The summed E-state index contributed by atoms with van der Waals surface area (Å²) < 4.78 is 4.02. The van der Waals surface area contributed by atoms with E-state index >= 15 is 0 Å². The van der Waals surface area contributed by atoms with Gasteiger partial charge in [0.15, 0.2) is 0 Å². The Morgan fingerprint density at radius 2 is 1.96 bits per heavy atom. The summed E-state index contributed by atoms with van der Waals surface area (Å²) in [5.74, 6) is -0.135. The van der Waals surface area contributed by atoms with Crippen molar-refractivity contribution in [2.45, 2.75) is 33.9 Å². The Hall–Kier alpha value is -3.41. The first kappa shape index (κ1) is 18.0. The van der Waals surface area contributed by atoms with E-state index in [1.165, 1.54) is 0 Å². The summed E-state index contributed by atoms with van der Waals surface area (Å²) in [7, 11) is 0. The summed E-state index contributed by atoms with van der Waals surface area (Å²) in [4.78, 5) is 17.1. The molecule has 4 rings (SSSR count). The number of aryl methyl sites for hydroxylation is 3. The van der Waals surface area contributed by atoms with Crippen molar-refractivity contribution >= 4 is 22.6 Å². The molecule has 1 N–H and O–H groups in total. The summed E-state index contributed by atoms with van der Waals surface area (Å²) >= 11 is 0. The fraction of sp³-hybridized carbons (Fsp3) is 0.227. The molecule has 0 unspecified atom stereocenters. The summed E-state index contributed by atoms with van der Waals surface area (Å²) in [6.07, 6.45) is 1.82. The van der Waals surface area contributed by atoms with Crippen molar-refractivity contribution in [1.29, 1.82) is 0 Å². The van der Waals surface area contributed by atoms with Gasteiger partial charge in [0.1, 0.15) is 0 Å². The van der Waals surface area contributed by atoms with Crippen molar-refractivity contribution in [3.63, 3.8) is 0 Å². The van der Waals surface area contributed by atoms with Gasteiger partial charge < -0.3 is 9.88 Å². The third-order valence-electron chi connectivity index (χ3n) is 4.84. The molecule has 6 nitrogen and oxygen atoms in total. The van der Waals surface area contributed by atoms with Crippen molar-refractivity contribution in [1.82, 2.24) is 19.3 Å². The summed E-state index contributed by atoms with van der Waals surface area (Å²) in [5, 5.41) is 7.47. The van der Waals surface area contributed by atoms with Crippen LogP contribution in [-0.4, -0.2) is 25.2 Å². The quantitative estimate of drug-likeness (QED) is 0.571. The topological polar surface area (TPSA) is 64.7 Å². The molecular weight excluding hydrogens is 350 g/mol. The Balaban J connectivity index is 1.52. The van der Waals surface area contributed by atoms with Crippen LogP contribution in [0.25, 0.3) is 11.0 Å². The molecule has 0 radical (unpaired) electrons. The van der Waals surface area contributed by atoms with Crippen molar-refractivity contribution in [3.05, 3.63) is 77.4 Å². The van der Waals surface area contributed by atoms with Crippen LogP contribution in [0, 0.1) is 13.8 Å². The molecule has 0 atom stereocenters. The van der Waals surface area contributed by atoms with E-state index in [-0.39, 0.29) is 5.91 Å². The van der Waals surface area contributed by atoms with Crippen LogP contribution in [0.4, 0.5) is 5.69 Å². The summed E-state index contributed by atoms with van der Waals surface area (Å²) in [6, 6.07) is 15.5. The van der Waals surface area contributed by atoms with Crippen molar-refractivity contribution < 1.29 is 4.79 Å². The first-order valence-corrected chi connectivity index (χ1v) is 9.39. The number of fused-ring (bicyclic) bond motifs is 1. The van der Waals surface area contributed by atoms with E-state index in [1.807, 2.05) is 73.4 Å². The van der Waals surface area contributed by atoms with Crippen molar-refractivity contribution in [3.8, 4) is 0 Å². The Kier molecular flexibility index (Phi) is 4.69. The number of carbonyl (C=O) groups is 1. The Labute approximate surface area is 163 Å². The monoisotopic (exact) mass is 373 g/mol. The average molecular weight is 373 g/mol. The molecule has 0 aliphatic carbocycles. The first-order chi connectivity index (χ1) is 13.5. The zero-order chi connectivity index (χ0) is 19.7. The third-order valence-corrected chi connectivity index (χ3v) is 4.84. The van der Waals surface area contributed by atoms with Gasteiger partial charge in [-0.1, -0.05) is 12.1 Å². The van der Waals surface area contributed by atoms with Crippen LogP contribution >= 0.6 is 0 Å². The number of benzene rings is 2. The summed E-state index contributed by atoms with van der Waals surface area (Å²) in [5.41, 5.74) is 6.43. The van der Waals surface area contributed by atoms with Gasteiger partial charge in [-0.15, -0.1) is 0 Å². The lowest BCUT2D eigenvalue weighted by Crippen LogP contribution is -2.13. The molecule has 2 aromatic heterocycles. The van der Waals surface area contributed by atoms with Crippen LogP contribution in [0.1, 0.15) is 34.2 Å². The fourth-order valence-corrected chi connectivity index (χ4v) is 3.42. The van der Waals surface area contributed by atoms with Crippen LogP contribution in [0.5, 0.6) is 0 Å². The van der Waals surface area contributed by atoms with E-state index in [9.17, 15) is 4.79 Å². The maximum Gasteiger partial charge on any atom is 0.255 e. The van der Waals surface area contributed by atoms with Crippen LogP contribution in [0.2, 0.25) is 0 Å². The zero-order valence-corrected chi connectivity index (χ0v) is 16.3. The largest absolute Gasteiger partial charge is 0.331 e. The number of nitrogens with one attached hydrogen (secondary N) is 1. The highest BCUT2D eigenvalue weighted by Crippen LogP contribution is 2.19. The Morgan fingerprint density at radius 1 is 1.11 bits per heavy atom. The number of nitrogens with zero attached hydrogens (tertiary/aromatic N) is 4. The van der Waals surface area contributed by atoms with Gasteiger partial charge in [0.25, 0.3) is 5.91 Å². The van der Waals surface area contributed by atoms with Crippen LogP contribution in [0.3, 0.4) is 0 Å². The van der Waals surface area contributed by atoms with Gasteiger partial charge in [0, 0.05) is 23.5 Å². The lowest BCUT2D eigenvalue weighted by molar-refractivity contribution is 0.102. The highest BCUT2D eigenvalue weighted by molar-refractivity contribution is 6.05. The normalized spacial score (nSPS) is 11.1. The third kappa shape index (κ3) is 3.53. The molecule has 0 aliphatic heterocycles. The predicted molar refractivity (Wildman–Crippen MR) is 111 cm³/mol. The van der Waals surface area contributed by atoms with Gasteiger partial charge in [-0.2, -0.15) is 5.10 Å². The minimum absolute atomic E-state index is 0.135. The maximum absolute atomic E-state index is 12.7. The second-order valence-corrected chi connectivity index (χ2v) is 6.97. The average Bonchev–Trinajstić information content (AvgIpc) is 3.23. The van der Waals surface area contributed by atoms with E-state index in [1.54, 1.807) is 0 Å². The molecular formula is C22H23N5O. The SMILES string of the molecule is CCn1cnc2cc(NC(=O)c3cccc(Cn4nc(C)cc4C)c3)ccc21. The minimum Gasteiger partial charge on any atom is -0.331 e. The van der Waals surface area contributed by atoms with Crippen LogP contribution in [-0.2, 0) is 13.1 Å². The van der Waals surface area contributed by atoms with Gasteiger partial charge in [0.2, 0.25) is 0 Å². The van der Waals surface area contributed by atoms with Gasteiger partial charge in [-0.3, -0.25) is 9.48 Å². The maximum atomic E-state index is 12.7. The standard InChI is InChI=1S/C22H23N5O/c1-4-26-14-23-20-12-19(8-9-21(20)26)24-22(28)18-7-5-6-17(11-18)13-27-16(3)10-15(2)25-27/h5-12,14H,4,13H2,1-3H3,(H,24,28). The molecule has 2 heterocycles. The number of aromatic nitrogens is 4. The molecule has 142 valence electrons. The second kappa shape index (κ2) is 7.31. The van der Waals surface area contributed by atoms with Crippen molar-refractivity contribution in [2.24, 2.45) is 0 Å². The number of anilines is 1. The lowest BCUT2D eigenvalue weighted by Gasteiger charge is -2.09. The molecule has 28 heavy (non-hydrogen) atoms. The van der Waals surface area contributed by atoms with Gasteiger partial charge in [-0.25, -0.2) is 4.98 Å². The molecule has 0 spiro atoms. The number of hydrogen-bond donors (Lipinski definition) is 1. The highest BCUT2D eigenvalue weighted by Gasteiger charge is 2.10. The second-order valence-electron chi connectivity index (χ2n) is 6.97. The van der Waals surface area contributed by atoms with E-state index in [0.29, 0.717) is 12.1 Å². The smallest absolute Gasteiger partial charge is 0.255 e. The van der Waals surface area contributed by atoms with Gasteiger partial charge in [-0.05, 0) is 62.7 Å². The predicted octanol–water partition coefficient (Wildman–Crippen LogP) is 4.17. The highest BCUT2D eigenvalue weighted by atomic mass is 16.1. The zero-order valence-electron chi connectivity index (χ0n) is 16.3. The number of hydrogen-bond acceptors (Lipinski definition) is 3. The lowest BCUT2D eigenvalue weighted by atomic mass is 10.1. The summed E-state index contributed by atoms with van der Waals surface area (Å²) in [6.45, 7) is 7.60. The molecule has 2 aromatic carbocycles. The number of carbonyl (C=O) groups excluding carboxylic acids is 1. The molecule has 0 fully saturated rings. The molecule has 1 amide bonds. The van der Waals surface area contributed by atoms with Crippen LogP contribution < -0.4 is 5.32 Å². The first-order valence-electron chi connectivity index (χ1n) is 9.39. The Morgan fingerprint density at radius 3 is 2.71 bits per heavy atom. The van der Waals surface area contributed by atoms with Gasteiger partial charge in [0.05, 0.1) is 29.6 Å². The molecule has 0 aliphatic rings. The number of imidazole rings is 1. The van der Waals surface area contributed by atoms with E-state index in [2.05, 4.69) is 26.9 Å². The number of amides is 1.